The third-order valence-corrected chi connectivity index (χ3v) is 4.33. The van der Waals surface area contributed by atoms with Crippen LogP contribution in [-0.2, 0) is 4.79 Å². The summed E-state index contributed by atoms with van der Waals surface area (Å²) in [6, 6.07) is 3.68. The molecular formula is C12H15BrN2OS. The number of hydrogen-bond acceptors (Lipinski definition) is 3. The highest BCUT2D eigenvalue weighted by molar-refractivity contribution is 9.10. The number of carbonyl (C=O) groups is 1. The molecular weight excluding hydrogens is 300 g/mol. The van der Waals surface area contributed by atoms with Gasteiger partial charge in [0.05, 0.1) is 0 Å². The van der Waals surface area contributed by atoms with Gasteiger partial charge in [0, 0.05) is 17.1 Å². The lowest BCUT2D eigenvalue weighted by molar-refractivity contribution is -0.117. The quantitative estimate of drug-likeness (QED) is 0.930. The lowest BCUT2D eigenvalue weighted by Crippen LogP contribution is -2.20. The maximum atomic E-state index is 11.8. The van der Waals surface area contributed by atoms with E-state index in [1.807, 2.05) is 17.8 Å². The number of thioether (sulfide) groups is 1. The van der Waals surface area contributed by atoms with Crippen molar-refractivity contribution in [3.8, 4) is 0 Å². The molecule has 0 unspecified atom stereocenters. The van der Waals surface area contributed by atoms with Gasteiger partial charge in [0.15, 0.2) is 0 Å². The highest BCUT2D eigenvalue weighted by atomic mass is 79.9. The van der Waals surface area contributed by atoms with Crippen LogP contribution in [0.2, 0.25) is 0 Å². The minimum absolute atomic E-state index is 0.0803. The SMILES string of the molecule is O=C(CC1CCSCC1)Nc1ccc(Br)cn1. The number of halogens is 1. The number of anilines is 1. The number of nitrogens with zero attached hydrogens (tertiary/aromatic N) is 1. The van der Waals surface area contributed by atoms with E-state index in [0.717, 1.165) is 17.3 Å². The summed E-state index contributed by atoms with van der Waals surface area (Å²) < 4.78 is 0.916. The van der Waals surface area contributed by atoms with Gasteiger partial charge in [-0.3, -0.25) is 4.79 Å². The number of hydrogen-bond donors (Lipinski definition) is 1. The van der Waals surface area contributed by atoms with E-state index in [9.17, 15) is 4.79 Å². The Labute approximate surface area is 114 Å². The van der Waals surface area contributed by atoms with Crippen molar-refractivity contribution in [3.63, 3.8) is 0 Å². The van der Waals surface area contributed by atoms with Crippen LogP contribution in [0.1, 0.15) is 19.3 Å². The van der Waals surface area contributed by atoms with Gasteiger partial charge < -0.3 is 5.32 Å². The van der Waals surface area contributed by atoms with E-state index < -0.39 is 0 Å². The zero-order chi connectivity index (χ0) is 12.1. The van der Waals surface area contributed by atoms with Gasteiger partial charge in [0.2, 0.25) is 5.91 Å². The molecule has 0 radical (unpaired) electrons. The molecule has 1 aromatic heterocycles. The van der Waals surface area contributed by atoms with E-state index in [1.54, 1.807) is 12.3 Å². The molecule has 1 aliphatic heterocycles. The Kier molecular flexibility index (Phi) is 4.86. The molecule has 92 valence electrons. The summed E-state index contributed by atoms with van der Waals surface area (Å²) in [6.45, 7) is 0. The molecule has 1 fully saturated rings. The maximum Gasteiger partial charge on any atom is 0.225 e. The van der Waals surface area contributed by atoms with Crippen LogP contribution in [0.5, 0.6) is 0 Å². The van der Waals surface area contributed by atoms with E-state index >= 15 is 0 Å². The Morgan fingerprint density at radius 2 is 2.24 bits per heavy atom. The van der Waals surface area contributed by atoms with Crippen molar-refractivity contribution in [1.29, 1.82) is 0 Å². The fourth-order valence-corrected chi connectivity index (χ4v) is 3.30. The Hall–Kier alpha value is -0.550. The molecule has 1 saturated heterocycles. The minimum atomic E-state index is 0.0803. The van der Waals surface area contributed by atoms with Crippen LogP contribution in [0.15, 0.2) is 22.8 Å². The van der Waals surface area contributed by atoms with Gasteiger partial charge >= 0.3 is 0 Å². The largest absolute Gasteiger partial charge is 0.311 e. The van der Waals surface area contributed by atoms with Crippen LogP contribution in [0.3, 0.4) is 0 Å². The number of nitrogens with one attached hydrogen (secondary N) is 1. The van der Waals surface area contributed by atoms with E-state index in [0.29, 0.717) is 18.2 Å². The molecule has 0 spiro atoms. The van der Waals surface area contributed by atoms with Crippen molar-refractivity contribution < 1.29 is 4.79 Å². The molecule has 17 heavy (non-hydrogen) atoms. The van der Waals surface area contributed by atoms with Gasteiger partial charge in [-0.05, 0) is 58.3 Å². The van der Waals surface area contributed by atoms with Crippen LogP contribution in [0.4, 0.5) is 5.82 Å². The first kappa shape index (κ1) is 12.9. The average molecular weight is 315 g/mol. The first-order valence-electron chi connectivity index (χ1n) is 5.73. The predicted molar refractivity (Wildman–Crippen MR) is 75.2 cm³/mol. The van der Waals surface area contributed by atoms with Crippen molar-refractivity contribution in [2.45, 2.75) is 19.3 Å². The monoisotopic (exact) mass is 314 g/mol. The second-order valence-electron chi connectivity index (χ2n) is 4.17. The molecule has 2 rings (SSSR count). The van der Waals surface area contributed by atoms with Gasteiger partial charge in [0.25, 0.3) is 0 Å². The lowest BCUT2D eigenvalue weighted by atomic mass is 9.98. The minimum Gasteiger partial charge on any atom is -0.311 e. The first-order valence-corrected chi connectivity index (χ1v) is 7.68. The number of rotatable bonds is 3. The highest BCUT2D eigenvalue weighted by Gasteiger charge is 2.17. The Balaban J connectivity index is 1.82. The molecule has 1 N–H and O–H groups in total. The molecule has 3 nitrogen and oxygen atoms in total. The molecule has 2 heterocycles. The number of pyridine rings is 1. The van der Waals surface area contributed by atoms with E-state index in [4.69, 9.17) is 0 Å². The summed E-state index contributed by atoms with van der Waals surface area (Å²) in [4.78, 5) is 15.9. The van der Waals surface area contributed by atoms with Gasteiger partial charge in [-0.2, -0.15) is 11.8 Å². The van der Waals surface area contributed by atoms with Crippen molar-refractivity contribution in [1.82, 2.24) is 4.98 Å². The second kappa shape index (κ2) is 6.40. The zero-order valence-corrected chi connectivity index (χ0v) is 11.9. The standard InChI is InChI=1S/C12H15BrN2OS/c13-10-1-2-11(14-8-10)15-12(16)7-9-3-5-17-6-4-9/h1-2,8-9H,3-7H2,(H,14,15,16). The first-order chi connectivity index (χ1) is 8.24. The summed E-state index contributed by atoms with van der Waals surface area (Å²) >= 11 is 5.30. The van der Waals surface area contributed by atoms with Gasteiger partial charge in [-0.1, -0.05) is 0 Å². The Morgan fingerprint density at radius 1 is 1.47 bits per heavy atom. The lowest BCUT2D eigenvalue weighted by Gasteiger charge is -2.20. The highest BCUT2D eigenvalue weighted by Crippen LogP contribution is 2.25. The molecule has 0 atom stereocenters. The van der Waals surface area contributed by atoms with Crippen LogP contribution in [-0.4, -0.2) is 22.4 Å². The second-order valence-corrected chi connectivity index (χ2v) is 6.31. The summed E-state index contributed by atoms with van der Waals surface area (Å²) in [5, 5.41) is 2.84. The number of amides is 1. The molecule has 1 aromatic rings. The van der Waals surface area contributed by atoms with Crippen LogP contribution in [0.25, 0.3) is 0 Å². The summed E-state index contributed by atoms with van der Waals surface area (Å²) in [7, 11) is 0. The Bertz CT molecular complexity index is 377. The van der Waals surface area contributed by atoms with E-state index in [2.05, 4.69) is 26.2 Å². The van der Waals surface area contributed by atoms with Crippen molar-refractivity contribution in [2.75, 3.05) is 16.8 Å². The predicted octanol–water partition coefficient (Wildman–Crippen LogP) is 3.32. The third-order valence-electron chi connectivity index (χ3n) is 2.81. The topological polar surface area (TPSA) is 42.0 Å². The van der Waals surface area contributed by atoms with E-state index in [-0.39, 0.29) is 5.91 Å². The molecule has 5 heteroatoms. The fourth-order valence-electron chi connectivity index (χ4n) is 1.86. The number of carbonyl (C=O) groups excluding carboxylic acids is 1. The van der Waals surface area contributed by atoms with Gasteiger partial charge in [-0.15, -0.1) is 0 Å². The fraction of sp³-hybridized carbons (Fsp3) is 0.500. The average Bonchev–Trinajstić information content (AvgIpc) is 2.33. The third kappa shape index (κ3) is 4.32. The van der Waals surface area contributed by atoms with Crippen molar-refractivity contribution in [3.05, 3.63) is 22.8 Å². The summed E-state index contributed by atoms with van der Waals surface area (Å²) in [5.74, 6) is 3.63. The van der Waals surface area contributed by atoms with Crippen molar-refractivity contribution >= 4 is 39.4 Å². The molecule has 1 aliphatic rings. The van der Waals surface area contributed by atoms with Crippen LogP contribution in [0, 0.1) is 5.92 Å². The Morgan fingerprint density at radius 3 is 2.88 bits per heavy atom. The molecule has 0 saturated carbocycles. The molecule has 1 amide bonds. The van der Waals surface area contributed by atoms with Crippen LogP contribution >= 0.6 is 27.7 Å². The smallest absolute Gasteiger partial charge is 0.225 e. The van der Waals surface area contributed by atoms with Crippen molar-refractivity contribution in [2.24, 2.45) is 5.92 Å². The van der Waals surface area contributed by atoms with E-state index in [1.165, 1.54) is 11.5 Å². The summed E-state index contributed by atoms with van der Waals surface area (Å²) in [6.07, 6.45) is 4.63. The van der Waals surface area contributed by atoms with Gasteiger partial charge in [0.1, 0.15) is 5.82 Å². The molecule has 0 aromatic carbocycles. The summed E-state index contributed by atoms with van der Waals surface area (Å²) in [5.41, 5.74) is 0. The maximum absolute atomic E-state index is 11.8. The number of aromatic nitrogens is 1. The molecule has 0 aliphatic carbocycles. The van der Waals surface area contributed by atoms with Gasteiger partial charge in [-0.25, -0.2) is 4.98 Å². The normalized spacial score (nSPS) is 16.8. The zero-order valence-electron chi connectivity index (χ0n) is 9.49. The van der Waals surface area contributed by atoms with Crippen LogP contribution < -0.4 is 5.32 Å². The molecule has 0 bridgehead atoms.